The molecule has 0 bridgehead atoms. The second-order valence-corrected chi connectivity index (χ2v) is 10.0. The average molecular weight is 679 g/mol. The van der Waals surface area contributed by atoms with E-state index in [1.54, 1.807) is 42.5 Å². The maximum absolute atomic E-state index is 13.0. The van der Waals surface area contributed by atoms with E-state index in [0.717, 1.165) is 12.1 Å². The third-order valence-electron chi connectivity index (χ3n) is 6.24. The lowest BCUT2D eigenvalue weighted by Crippen LogP contribution is -2.15. The maximum atomic E-state index is 13.0. The van der Waals surface area contributed by atoms with Crippen LogP contribution in [0.15, 0.2) is 72.8 Å². The number of benzene rings is 3. The van der Waals surface area contributed by atoms with Crippen molar-refractivity contribution in [1.82, 2.24) is 0 Å². The van der Waals surface area contributed by atoms with Crippen LogP contribution in [-0.4, -0.2) is 91.2 Å². The van der Waals surface area contributed by atoms with Gasteiger partial charge in [-0.25, -0.2) is 4.79 Å². The Balaban J connectivity index is 1.11. The number of hydrogen-bond donors (Lipinski definition) is 2. The molecule has 0 fully saturated rings. The Morgan fingerprint density at radius 1 is 0.625 bits per heavy atom. The van der Waals surface area contributed by atoms with Gasteiger partial charge in [0.25, 0.3) is 0 Å². The minimum Gasteiger partial charge on any atom is -0.491 e. The van der Waals surface area contributed by atoms with Crippen LogP contribution in [0.25, 0.3) is 0 Å². The van der Waals surface area contributed by atoms with Gasteiger partial charge in [-0.05, 0) is 54.6 Å². The number of amides is 1. The van der Waals surface area contributed by atoms with Crippen LogP contribution >= 0.6 is 0 Å². The van der Waals surface area contributed by atoms with E-state index in [4.69, 9.17) is 33.2 Å². The Hall–Kier alpha value is -4.21. The highest BCUT2D eigenvalue weighted by molar-refractivity contribution is 5.96. The Labute approximate surface area is 277 Å². The number of carbonyl (C=O) groups is 2. The fourth-order valence-corrected chi connectivity index (χ4v) is 4.01. The van der Waals surface area contributed by atoms with Crippen molar-refractivity contribution in [3.63, 3.8) is 0 Å². The third kappa shape index (κ3) is 15.6. The predicted molar refractivity (Wildman–Crippen MR) is 172 cm³/mol. The first-order valence-electron chi connectivity index (χ1n) is 15.3. The molecule has 0 radical (unpaired) electrons. The molecule has 0 heterocycles. The van der Waals surface area contributed by atoms with Gasteiger partial charge < -0.3 is 43.8 Å². The van der Waals surface area contributed by atoms with Crippen molar-refractivity contribution < 1.29 is 55.9 Å². The molecule has 0 saturated carbocycles. The van der Waals surface area contributed by atoms with Gasteiger partial charge in [-0.2, -0.15) is 13.2 Å². The summed E-state index contributed by atoms with van der Waals surface area (Å²) in [4.78, 5) is 23.6. The highest BCUT2D eigenvalue weighted by Gasteiger charge is 2.30. The molecule has 0 spiro atoms. The molecule has 0 saturated heterocycles. The molecule has 48 heavy (non-hydrogen) atoms. The first kappa shape index (κ1) is 38.2. The summed E-state index contributed by atoms with van der Waals surface area (Å²) in [5.74, 6) is -0.0722. The fraction of sp³-hybridized carbons (Fsp3) is 0.412. The number of alkyl halides is 3. The van der Waals surface area contributed by atoms with Gasteiger partial charge >= 0.3 is 12.1 Å². The third-order valence-corrected chi connectivity index (χ3v) is 6.24. The van der Waals surface area contributed by atoms with Crippen molar-refractivity contribution in [2.75, 3.05) is 89.9 Å². The molecule has 1 amide bonds. The molecule has 3 aromatic rings. The molecular weight excluding hydrogens is 637 g/mol. The summed E-state index contributed by atoms with van der Waals surface area (Å²) in [7, 11) is 0. The highest BCUT2D eigenvalue weighted by Crippen LogP contribution is 2.32. The van der Waals surface area contributed by atoms with Gasteiger partial charge in [0.15, 0.2) is 0 Å². The zero-order valence-electron chi connectivity index (χ0n) is 26.7. The molecular formula is C34H41F3N2O9. The van der Waals surface area contributed by atoms with Gasteiger partial charge in [0.2, 0.25) is 5.91 Å². The van der Waals surface area contributed by atoms with E-state index in [9.17, 15) is 22.8 Å². The molecule has 11 nitrogen and oxygen atoms in total. The van der Waals surface area contributed by atoms with Crippen LogP contribution in [0.5, 0.6) is 5.75 Å². The Morgan fingerprint density at radius 3 is 1.73 bits per heavy atom. The average Bonchev–Trinajstić information content (AvgIpc) is 3.06. The molecule has 2 N–H and O–H groups in total. The molecule has 0 aliphatic carbocycles. The number of nitrogens with one attached hydrogen (secondary N) is 2. The smallest absolute Gasteiger partial charge is 0.416 e. The number of carbonyl (C=O) groups excluding carboxylic acids is 2. The number of hydrogen-bond acceptors (Lipinski definition) is 10. The maximum Gasteiger partial charge on any atom is 0.416 e. The van der Waals surface area contributed by atoms with Gasteiger partial charge in [-0.15, -0.1) is 0 Å². The van der Waals surface area contributed by atoms with Crippen molar-refractivity contribution in [2.24, 2.45) is 0 Å². The van der Waals surface area contributed by atoms with E-state index in [0.29, 0.717) is 83.2 Å². The Kier molecular flexibility index (Phi) is 17.2. The van der Waals surface area contributed by atoms with E-state index in [1.807, 2.05) is 0 Å². The van der Waals surface area contributed by atoms with Crippen LogP contribution in [-0.2, 0) is 39.4 Å². The van der Waals surface area contributed by atoms with E-state index in [1.165, 1.54) is 25.1 Å². The van der Waals surface area contributed by atoms with Crippen molar-refractivity contribution in [1.29, 1.82) is 0 Å². The number of para-hydroxylation sites is 1. The van der Waals surface area contributed by atoms with Gasteiger partial charge in [-0.1, -0.05) is 18.2 Å². The lowest BCUT2D eigenvalue weighted by molar-refractivity contribution is -0.137. The summed E-state index contributed by atoms with van der Waals surface area (Å²) in [6.45, 7) is 5.53. The van der Waals surface area contributed by atoms with Gasteiger partial charge in [0.05, 0.1) is 82.9 Å². The van der Waals surface area contributed by atoms with E-state index in [-0.39, 0.29) is 30.4 Å². The molecule has 0 aromatic heterocycles. The number of halogens is 3. The second-order valence-electron chi connectivity index (χ2n) is 10.0. The molecule has 0 aliphatic heterocycles. The molecule has 0 unspecified atom stereocenters. The zero-order chi connectivity index (χ0) is 34.5. The minimum atomic E-state index is -4.48. The molecule has 262 valence electrons. The molecule has 14 heteroatoms. The van der Waals surface area contributed by atoms with Crippen molar-refractivity contribution >= 4 is 28.9 Å². The number of anilines is 3. The molecule has 3 rings (SSSR count). The quantitative estimate of drug-likeness (QED) is 0.0951. The summed E-state index contributed by atoms with van der Waals surface area (Å²) < 4.78 is 77.2. The van der Waals surface area contributed by atoms with Crippen molar-refractivity contribution in [3.05, 3.63) is 83.9 Å². The van der Waals surface area contributed by atoms with Crippen LogP contribution in [0, 0.1) is 0 Å². The summed E-state index contributed by atoms with van der Waals surface area (Å²) in [5, 5.41) is 5.54. The normalized spacial score (nSPS) is 11.2. The molecule has 3 aromatic carbocycles. The summed E-state index contributed by atoms with van der Waals surface area (Å²) in [6.07, 6.45) is -4.48. The van der Waals surface area contributed by atoms with Crippen molar-refractivity contribution in [2.45, 2.75) is 13.1 Å². The van der Waals surface area contributed by atoms with Crippen LogP contribution in [0.4, 0.5) is 30.2 Å². The molecule has 0 atom stereocenters. The summed E-state index contributed by atoms with van der Waals surface area (Å²) in [5.41, 5.74) is 0.608. The lowest BCUT2D eigenvalue weighted by Gasteiger charge is -2.13. The van der Waals surface area contributed by atoms with Crippen molar-refractivity contribution in [3.8, 4) is 5.75 Å². The zero-order valence-corrected chi connectivity index (χ0v) is 26.7. The lowest BCUT2D eigenvalue weighted by atomic mass is 10.1. The number of ether oxygens (including phenoxy) is 7. The minimum absolute atomic E-state index is 0.00480. The fourth-order valence-electron chi connectivity index (χ4n) is 4.01. The SMILES string of the molecule is CC(=O)Nc1ccc(OCCOCCOCCOCCOCCOCCOC(=O)c2ccccc2Nc2cccc(C(F)(F)F)c2)cc1. The first-order chi connectivity index (χ1) is 23.2. The monoisotopic (exact) mass is 678 g/mol. The Morgan fingerprint density at radius 2 is 1.17 bits per heavy atom. The Bertz CT molecular complexity index is 1370. The summed E-state index contributed by atoms with van der Waals surface area (Å²) >= 11 is 0. The molecule has 0 aliphatic rings. The van der Waals surface area contributed by atoms with Crippen LogP contribution in [0.2, 0.25) is 0 Å². The van der Waals surface area contributed by atoms with Gasteiger partial charge in [0, 0.05) is 18.3 Å². The van der Waals surface area contributed by atoms with E-state index < -0.39 is 17.7 Å². The first-order valence-corrected chi connectivity index (χ1v) is 15.3. The predicted octanol–water partition coefficient (Wildman–Crippen LogP) is 5.73. The highest BCUT2D eigenvalue weighted by atomic mass is 19.4. The van der Waals surface area contributed by atoms with Gasteiger partial charge in [0.1, 0.15) is 19.0 Å². The summed E-state index contributed by atoms with van der Waals surface area (Å²) in [6, 6.07) is 18.2. The second kappa shape index (κ2) is 21.6. The standard InChI is InChI=1S/C34H41F3N2O9/c1-26(40)38-28-9-11-30(12-10-28)47-23-21-45-19-17-43-15-13-42-14-16-44-18-20-46-22-24-48-33(41)31-7-2-3-8-32(31)39-29-6-4-5-27(25-29)34(35,36)37/h2-12,25,39H,13-24H2,1H3,(H,38,40). The topological polar surface area (TPSA) is 123 Å². The van der Waals surface area contributed by atoms with Crippen LogP contribution in [0.1, 0.15) is 22.8 Å². The van der Waals surface area contributed by atoms with Gasteiger partial charge in [-0.3, -0.25) is 4.79 Å². The van der Waals surface area contributed by atoms with Crippen LogP contribution in [0.3, 0.4) is 0 Å². The van der Waals surface area contributed by atoms with E-state index in [2.05, 4.69) is 10.6 Å². The van der Waals surface area contributed by atoms with E-state index >= 15 is 0 Å². The number of esters is 1. The largest absolute Gasteiger partial charge is 0.491 e. The number of rotatable bonds is 23. The van der Waals surface area contributed by atoms with Crippen LogP contribution < -0.4 is 15.4 Å².